The molecule has 2 saturated carbocycles. The van der Waals surface area contributed by atoms with E-state index in [9.17, 15) is 4.79 Å². The summed E-state index contributed by atoms with van der Waals surface area (Å²) in [5, 5.41) is 0. The summed E-state index contributed by atoms with van der Waals surface area (Å²) in [5.74, 6) is 0.111. The van der Waals surface area contributed by atoms with Crippen LogP contribution in [0.2, 0.25) is 0 Å². The van der Waals surface area contributed by atoms with Gasteiger partial charge in [-0.15, -0.1) is 0 Å². The molecule has 68 valence electrons. The number of carbonyl (C=O) groups is 1. The van der Waals surface area contributed by atoms with Crippen molar-refractivity contribution in [2.45, 2.75) is 44.9 Å². The van der Waals surface area contributed by atoms with Gasteiger partial charge in [0.1, 0.15) is 0 Å². The molecule has 0 aromatic carbocycles. The fourth-order valence-electron chi connectivity index (χ4n) is 2.69. The SMILES string of the molecule is NC(=O)C1CCC2(CCC2)CC1. The van der Waals surface area contributed by atoms with Crippen LogP contribution in [-0.4, -0.2) is 5.91 Å². The van der Waals surface area contributed by atoms with E-state index in [2.05, 4.69) is 0 Å². The van der Waals surface area contributed by atoms with Gasteiger partial charge in [-0.3, -0.25) is 4.79 Å². The summed E-state index contributed by atoms with van der Waals surface area (Å²) in [6.45, 7) is 0. The molecule has 2 rings (SSSR count). The highest BCUT2D eigenvalue weighted by atomic mass is 16.1. The summed E-state index contributed by atoms with van der Waals surface area (Å²) < 4.78 is 0. The van der Waals surface area contributed by atoms with Crippen molar-refractivity contribution in [2.24, 2.45) is 17.1 Å². The second-order valence-electron chi connectivity index (χ2n) is 4.53. The topological polar surface area (TPSA) is 43.1 Å². The first kappa shape index (κ1) is 8.09. The van der Waals surface area contributed by atoms with Gasteiger partial charge in [-0.2, -0.15) is 0 Å². The van der Waals surface area contributed by atoms with Crippen LogP contribution in [0.5, 0.6) is 0 Å². The van der Waals surface area contributed by atoms with Gasteiger partial charge in [0.2, 0.25) is 5.91 Å². The van der Waals surface area contributed by atoms with Crippen LogP contribution in [0.15, 0.2) is 0 Å². The Labute approximate surface area is 73.5 Å². The zero-order chi connectivity index (χ0) is 8.60. The summed E-state index contributed by atoms with van der Waals surface area (Å²) in [6, 6.07) is 0. The minimum absolute atomic E-state index is 0.0795. The molecule has 2 aliphatic carbocycles. The van der Waals surface area contributed by atoms with E-state index in [0.29, 0.717) is 5.41 Å². The smallest absolute Gasteiger partial charge is 0.220 e. The predicted octanol–water partition coefficient (Wildman–Crippen LogP) is 1.83. The number of rotatable bonds is 1. The van der Waals surface area contributed by atoms with Gasteiger partial charge in [0, 0.05) is 5.92 Å². The maximum atomic E-state index is 10.9. The molecule has 1 spiro atoms. The fourth-order valence-corrected chi connectivity index (χ4v) is 2.69. The summed E-state index contributed by atoms with van der Waals surface area (Å²) in [5.41, 5.74) is 5.93. The number of nitrogens with two attached hydrogens (primary N) is 1. The highest BCUT2D eigenvalue weighted by Gasteiger charge is 2.40. The highest BCUT2D eigenvalue weighted by molar-refractivity contribution is 5.76. The quantitative estimate of drug-likeness (QED) is 0.636. The van der Waals surface area contributed by atoms with Gasteiger partial charge in [0.15, 0.2) is 0 Å². The van der Waals surface area contributed by atoms with Gasteiger partial charge in [-0.1, -0.05) is 6.42 Å². The first-order valence-corrected chi connectivity index (χ1v) is 5.01. The maximum Gasteiger partial charge on any atom is 0.220 e. The normalized spacial score (nSPS) is 28.3. The van der Waals surface area contributed by atoms with Gasteiger partial charge in [-0.05, 0) is 43.9 Å². The van der Waals surface area contributed by atoms with E-state index in [4.69, 9.17) is 5.73 Å². The number of carbonyl (C=O) groups excluding carboxylic acids is 1. The molecular formula is C10H17NO. The predicted molar refractivity (Wildman–Crippen MR) is 47.4 cm³/mol. The van der Waals surface area contributed by atoms with Gasteiger partial charge < -0.3 is 5.73 Å². The van der Waals surface area contributed by atoms with Gasteiger partial charge >= 0.3 is 0 Å². The molecule has 0 saturated heterocycles. The Hall–Kier alpha value is -0.530. The van der Waals surface area contributed by atoms with E-state index in [-0.39, 0.29) is 11.8 Å². The summed E-state index contributed by atoms with van der Waals surface area (Å²) in [7, 11) is 0. The lowest BCUT2D eigenvalue weighted by molar-refractivity contribution is -0.124. The minimum atomic E-state index is -0.0795. The first-order valence-electron chi connectivity index (χ1n) is 5.01. The van der Waals surface area contributed by atoms with Crippen molar-refractivity contribution in [3.8, 4) is 0 Å². The monoisotopic (exact) mass is 167 g/mol. The second kappa shape index (κ2) is 2.75. The largest absolute Gasteiger partial charge is 0.369 e. The zero-order valence-electron chi connectivity index (χ0n) is 7.51. The van der Waals surface area contributed by atoms with Gasteiger partial charge in [0.05, 0.1) is 0 Å². The van der Waals surface area contributed by atoms with Crippen LogP contribution in [0.3, 0.4) is 0 Å². The molecule has 0 heterocycles. The van der Waals surface area contributed by atoms with Crippen molar-refractivity contribution in [1.82, 2.24) is 0 Å². The molecule has 12 heavy (non-hydrogen) atoms. The number of primary amides is 1. The molecule has 0 aromatic rings. The fraction of sp³-hybridized carbons (Fsp3) is 0.900. The molecule has 1 amide bonds. The number of hydrogen-bond donors (Lipinski definition) is 1. The van der Waals surface area contributed by atoms with Crippen LogP contribution in [0.1, 0.15) is 44.9 Å². The molecule has 0 unspecified atom stereocenters. The minimum Gasteiger partial charge on any atom is -0.369 e. The third-order valence-corrected chi connectivity index (χ3v) is 3.86. The molecular weight excluding hydrogens is 150 g/mol. The average molecular weight is 167 g/mol. The molecule has 2 fully saturated rings. The molecule has 0 atom stereocenters. The van der Waals surface area contributed by atoms with Crippen LogP contribution in [0, 0.1) is 11.3 Å². The van der Waals surface area contributed by atoms with E-state index < -0.39 is 0 Å². The molecule has 2 N–H and O–H groups in total. The Morgan fingerprint density at radius 2 is 1.75 bits per heavy atom. The van der Waals surface area contributed by atoms with Crippen LogP contribution < -0.4 is 5.73 Å². The standard InChI is InChI=1S/C10H17NO/c11-9(12)8-2-6-10(7-3-8)4-1-5-10/h8H,1-7H2,(H2,11,12). The van der Waals surface area contributed by atoms with Crippen LogP contribution in [-0.2, 0) is 4.79 Å². The van der Waals surface area contributed by atoms with Crippen LogP contribution in [0.25, 0.3) is 0 Å². The lowest BCUT2D eigenvalue weighted by Crippen LogP contribution is -2.37. The van der Waals surface area contributed by atoms with Crippen molar-refractivity contribution in [3.05, 3.63) is 0 Å². The lowest BCUT2D eigenvalue weighted by Gasteiger charge is -2.46. The molecule has 2 nitrogen and oxygen atoms in total. The van der Waals surface area contributed by atoms with Gasteiger partial charge in [0.25, 0.3) is 0 Å². The summed E-state index contributed by atoms with van der Waals surface area (Å²) in [6.07, 6.45) is 8.81. The Bertz CT molecular complexity index is 186. The van der Waals surface area contributed by atoms with E-state index in [1.807, 2.05) is 0 Å². The summed E-state index contributed by atoms with van der Waals surface area (Å²) in [4.78, 5) is 10.9. The Morgan fingerprint density at radius 3 is 2.08 bits per heavy atom. The van der Waals surface area contributed by atoms with Crippen molar-refractivity contribution in [2.75, 3.05) is 0 Å². The summed E-state index contributed by atoms with van der Waals surface area (Å²) >= 11 is 0. The van der Waals surface area contributed by atoms with E-state index >= 15 is 0 Å². The average Bonchev–Trinajstić information content (AvgIpc) is 2.02. The van der Waals surface area contributed by atoms with E-state index in [0.717, 1.165) is 12.8 Å². The molecule has 0 radical (unpaired) electrons. The van der Waals surface area contributed by atoms with E-state index in [1.54, 1.807) is 0 Å². The number of amides is 1. The molecule has 2 heteroatoms. The van der Waals surface area contributed by atoms with Crippen molar-refractivity contribution < 1.29 is 4.79 Å². The molecule has 2 aliphatic rings. The van der Waals surface area contributed by atoms with E-state index in [1.165, 1.54) is 32.1 Å². The van der Waals surface area contributed by atoms with Crippen molar-refractivity contribution in [1.29, 1.82) is 0 Å². The Balaban J connectivity index is 1.88. The first-order chi connectivity index (χ1) is 5.72. The molecule has 0 aromatic heterocycles. The molecule has 0 bridgehead atoms. The Kier molecular flexibility index (Phi) is 1.85. The van der Waals surface area contributed by atoms with Crippen LogP contribution >= 0.6 is 0 Å². The second-order valence-corrected chi connectivity index (χ2v) is 4.53. The van der Waals surface area contributed by atoms with Crippen molar-refractivity contribution >= 4 is 5.91 Å². The molecule has 0 aliphatic heterocycles. The number of hydrogen-bond acceptors (Lipinski definition) is 1. The Morgan fingerprint density at radius 1 is 1.17 bits per heavy atom. The van der Waals surface area contributed by atoms with Crippen molar-refractivity contribution in [3.63, 3.8) is 0 Å². The maximum absolute atomic E-state index is 10.9. The highest BCUT2D eigenvalue weighted by Crippen LogP contribution is 2.52. The van der Waals surface area contributed by atoms with Crippen LogP contribution in [0.4, 0.5) is 0 Å². The third kappa shape index (κ3) is 1.23. The lowest BCUT2D eigenvalue weighted by atomic mass is 9.59. The zero-order valence-corrected chi connectivity index (χ0v) is 7.51. The third-order valence-electron chi connectivity index (χ3n) is 3.86. The van der Waals surface area contributed by atoms with Gasteiger partial charge in [-0.25, -0.2) is 0 Å².